The maximum Gasteiger partial charge on any atom is 0.248 e. The van der Waals surface area contributed by atoms with Gasteiger partial charge >= 0.3 is 0 Å². The van der Waals surface area contributed by atoms with Crippen molar-refractivity contribution in [2.75, 3.05) is 7.11 Å². The molecule has 188 valence electrons. The Bertz CT molecular complexity index is 1310. The Labute approximate surface area is 214 Å². The van der Waals surface area contributed by atoms with Crippen LogP contribution in [0.15, 0.2) is 66.0 Å². The summed E-state index contributed by atoms with van der Waals surface area (Å²) < 4.78 is 6.86. The fraction of sp³-hybridized carbons (Fsp3) is 0.333. The van der Waals surface area contributed by atoms with E-state index in [-0.39, 0.29) is 24.9 Å². The van der Waals surface area contributed by atoms with Crippen molar-refractivity contribution in [3.05, 3.63) is 76.5 Å². The van der Waals surface area contributed by atoms with Gasteiger partial charge in [-0.2, -0.15) is 0 Å². The molecule has 0 aliphatic carbocycles. The molecule has 0 bridgehead atoms. The monoisotopic (exact) mass is 505 g/mol. The average molecular weight is 506 g/mol. The highest BCUT2D eigenvalue weighted by Gasteiger charge is 2.35. The number of nitrogens with zero attached hydrogens (tertiary/aromatic N) is 4. The maximum atomic E-state index is 13.9. The number of carbonyl (C=O) groups excluding carboxylic acids is 2. The second-order valence-corrected chi connectivity index (χ2v) is 10.2. The summed E-state index contributed by atoms with van der Waals surface area (Å²) in [7, 11) is 1.61. The van der Waals surface area contributed by atoms with Crippen LogP contribution in [0.1, 0.15) is 43.7 Å². The van der Waals surface area contributed by atoms with E-state index in [1.807, 2.05) is 86.8 Å². The fourth-order valence-corrected chi connectivity index (χ4v) is 4.70. The number of hydrogen-bond acceptors (Lipinski definition) is 6. The highest BCUT2D eigenvalue weighted by Crippen LogP contribution is 2.29. The lowest BCUT2D eigenvalue weighted by atomic mass is 10.0. The van der Waals surface area contributed by atoms with Crippen LogP contribution in [0.4, 0.5) is 0 Å². The molecule has 2 aromatic carbocycles. The lowest BCUT2D eigenvalue weighted by Gasteiger charge is -2.34. The van der Waals surface area contributed by atoms with Crippen LogP contribution in [0, 0.1) is 0 Å². The summed E-state index contributed by atoms with van der Waals surface area (Å²) in [5.74, 6) is 0.280. The number of aromatic nitrogens is 3. The van der Waals surface area contributed by atoms with E-state index in [1.165, 1.54) is 11.3 Å². The normalized spacial score (nSPS) is 12.3. The van der Waals surface area contributed by atoms with Crippen molar-refractivity contribution in [1.82, 2.24) is 25.2 Å². The molecule has 0 radical (unpaired) electrons. The maximum absolute atomic E-state index is 13.9. The number of benzene rings is 2. The summed E-state index contributed by atoms with van der Waals surface area (Å²) >= 11 is 1.46. The number of methoxy groups -OCH3 is 1. The zero-order valence-corrected chi connectivity index (χ0v) is 21.8. The lowest BCUT2D eigenvalue weighted by molar-refractivity contribution is -0.142. The van der Waals surface area contributed by atoms with Crippen molar-refractivity contribution in [2.45, 2.75) is 51.9 Å². The Morgan fingerprint density at radius 1 is 1.11 bits per heavy atom. The van der Waals surface area contributed by atoms with E-state index in [1.54, 1.807) is 16.7 Å². The van der Waals surface area contributed by atoms with Crippen LogP contribution in [0.25, 0.3) is 11.0 Å². The first-order valence-electron chi connectivity index (χ1n) is 11.9. The van der Waals surface area contributed by atoms with Gasteiger partial charge < -0.3 is 15.0 Å². The first-order chi connectivity index (χ1) is 17.3. The SMILES string of the molecule is CCC(C)(C)NC(=O)[C@@H](c1cccs1)N(Cc1ccc(OC)cc1)C(=O)Cn1nnc2ccccc21. The van der Waals surface area contributed by atoms with Crippen molar-refractivity contribution in [1.29, 1.82) is 0 Å². The molecule has 1 atom stereocenters. The Balaban J connectivity index is 1.72. The van der Waals surface area contributed by atoms with Gasteiger partial charge in [0.2, 0.25) is 11.8 Å². The van der Waals surface area contributed by atoms with Crippen LogP contribution in [0.3, 0.4) is 0 Å². The second-order valence-electron chi connectivity index (χ2n) is 9.25. The van der Waals surface area contributed by atoms with Gasteiger partial charge in [0, 0.05) is 17.0 Å². The van der Waals surface area contributed by atoms with Gasteiger partial charge in [0.1, 0.15) is 23.9 Å². The molecule has 8 nitrogen and oxygen atoms in total. The number of ether oxygens (including phenoxy) is 1. The highest BCUT2D eigenvalue weighted by molar-refractivity contribution is 7.10. The molecule has 0 spiro atoms. The molecule has 0 aliphatic rings. The standard InChI is InChI=1S/C27H31N5O3S/c1-5-27(2,3)28-26(34)25(23-11-8-16-36-23)31(17-19-12-14-20(35-4)15-13-19)24(33)18-32-22-10-7-6-9-21(22)29-30-32/h6-16,25H,5,17-18H2,1-4H3,(H,28,34)/t25-/m1/s1. The van der Waals surface area contributed by atoms with Crippen LogP contribution in [0.5, 0.6) is 5.75 Å². The van der Waals surface area contributed by atoms with Gasteiger partial charge in [0.15, 0.2) is 0 Å². The van der Waals surface area contributed by atoms with Crippen LogP contribution >= 0.6 is 11.3 Å². The van der Waals surface area contributed by atoms with Gasteiger partial charge in [-0.25, -0.2) is 4.68 Å². The average Bonchev–Trinajstić information content (AvgIpc) is 3.54. The smallest absolute Gasteiger partial charge is 0.248 e. The Morgan fingerprint density at radius 3 is 2.53 bits per heavy atom. The predicted molar refractivity (Wildman–Crippen MR) is 141 cm³/mol. The zero-order valence-electron chi connectivity index (χ0n) is 21.0. The Kier molecular flexibility index (Phi) is 7.69. The summed E-state index contributed by atoms with van der Waals surface area (Å²) in [6.45, 7) is 6.19. The highest BCUT2D eigenvalue weighted by atomic mass is 32.1. The summed E-state index contributed by atoms with van der Waals surface area (Å²) in [4.78, 5) is 30.0. The van der Waals surface area contributed by atoms with Crippen molar-refractivity contribution in [2.24, 2.45) is 0 Å². The van der Waals surface area contributed by atoms with Crippen molar-refractivity contribution in [3.8, 4) is 5.75 Å². The third kappa shape index (κ3) is 5.73. The summed E-state index contributed by atoms with van der Waals surface area (Å²) in [6, 6.07) is 18.0. The number of fused-ring (bicyclic) bond motifs is 1. The molecule has 2 heterocycles. The fourth-order valence-electron chi connectivity index (χ4n) is 3.87. The van der Waals surface area contributed by atoms with E-state index in [0.29, 0.717) is 5.52 Å². The van der Waals surface area contributed by atoms with Gasteiger partial charge in [-0.3, -0.25) is 9.59 Å². The third-order valence-electron chi connectivity index (χ3n) is 6.26. The van der Waals surface area contributed by atoms with Crippen molar-refractivity contribution >= 4 is 34.2 Å². The number of nitrogens with one attached hydrogen (secondary N) is 1. The third-order valence-corrected chi connectivity index (χ3v) is 7.18. The Hall–Kier alpha value is -3.72. The van der Waals surface area contributed by atoms with E-state index >= 15 is 0 Å². The van der Waals surface area contributed by atoms with Crippen molar-refractivity contribution < 1.29 is 14.3 Å². The quantitative estimate of drug-likeness (QED) is 0.341. The molecule has 4 aromatic rings. The number of rotatable bonds is 10. The summed E-state index contributed by atoms with van der Waals surface area (Å²) in [5.41, 5.74) is 1.95. The largest absolute Gasteiger partial charge is 0.497 e. The summed E-state index contributed by atoms with van der Waals surface area (Å²) in [5, 5.41) is 13.4. The minimum absolute atomic E-state index is 0.0387. The van der Waals surface area contributed by atoms with Gasteiger partial charge in [-0.1, -0.05) is 42.5 Å². The van der Waals surface area contributed by atoms with Crippen LogP contribution in [-0.4, -0.2) is 44.4 Å². The van der Waals surface area contributed by atoms with E-state index in [2.05, 4.69) is 15.6 Å². The first kappa shape index (κ1) is 25.4. The topological polar surface area (TPSA) is 89.4 Å². The van der Waals surface area contributed by atoms with Crippen molar-refractivity contribution in [3.63, 3.8) is 0 Å². The molecule has 2 amide bonds. The molecule has 36 heavy (non-hydrogen) atoms. The molecule has 9 heteroatoms. The molecule has 0 unspecified atom stereocenters. The number of amides is 2. The molecule has 0 saturated carbocycles. The van der Waals surface area contributed by atoms with E-state index in [9.17, 15) is 9.59 Å². The van der Waals surface area contributed by atoms with Gasteiger partial charge in [0.25, 0.3) is 0 Å². The number of hydrogen-bond donors (Lipinski definition) is 1. The minimum atomic E-state index is -0.791. The number of carbonyl (C=O) groups is 2. The van der Waals surface area contributed by atoms with Gasteiger partial charge in [-0.15, -0.1) is 16.4 Å². The van der Waals surface area contributed by atoms with Gasteiger partial charge in [-0.05, 0) is 61.5 Å². The van der Waals surface area contributed by atoms with E-state index in [4.69, 9.17) is 4.74 Å². The molecule has 0 aliphatic heterocycles. The minimum Gasteiger partial charge on any atom is -0.497 e. The summed E-state index contributed by atoms with van der Waals surface area (Å²) in [6.07, 6.45) is 0.757. The van der Waals surface area contributed by atoms with Crippen LogP contribution in [0.2, 0.25) is 0 Å². The molecule has 1 N–H and O–H groups in total. The molecule has 4 rings (SSSR count). The second kappa shape index (κ2) is 10.9. The first-order valence-corrected chi connectivity index (χ1v) is 12.8. The lowest BCUT2D eigenvalue weighted by Crippen LogP contribution is -2.50. The van der Waals surface area contributed by atoms with Gasteiger partial charge in [0.05, 0.1) is 12.6 Å². The van der Waals surface area contributed by atoms with E-state index in [0.717, 1.165) is 28.1 Å². The van der Waals surface area contributed by atoms with E-state index < -0.39 is 11.6 Å². The van der Waals surface area contributed by atoms with Crippen LogP contribution < -0.4 is 10.1 Å². The molecular weight excluding hydrogens is 474 g/mol. The molecule has 0 fully saturated rings. The Morgan fingerprint density at radius 2 is 1.86 bits per heavy atom. The van der Waals surface area contributed by atoms with Crippen LogP contribution in [-0.2, 0) is 22.7 Å². The molecule has 2 aromatic heterocycles. The predicted octanol–water partition coefficient (Wildman–Crippen LogP) is 4.58. The number of thiophene rings is 1. The zero-order chi connectivity index (χ0) is 25.7. The molecule has 0 saturated heterocycles. The molecular formula is C27H31N5O3S. The number of para-hydroxylation sites is 1.